The van der Waals surface area contributed by atoms with Gasteiger partial charge in [0.05, 0.1) is 16.7 Å². The molecule has 0 aliphatic carbocycles. The summed E-state index contributed by atoms with van der Waals surface area (Å²) in [5.74, 6) is 0.362. The van der Waals surface area contributed by atoms with Crippen molar-refractivity contribution in [1.29, 1.82) is 0 Å². The Bertz CT molecular complexity index is 1180. The molecule has 9 heteroatoms. The van der Waals surface area contributed by atoms with Crippen LogP contribution >= 0.6 is 11.5 Å². The number of ether oxygens (including phenoxy) is 1. The lowest BCUT2D eigenvalue weighted by atomic mass is 9.97. The largest absolute Gasteiger partial charge is 0.496 e. The van der Waals surface area contributed by atoms with Gasteiger partial charge in [-0.1, -0.05) is 0 Å². The van der Waals surface area contributed by atoms with E-state index in [-0.39, 0.29) is 16.7 Å². The average Bonchev–Trinajstić information content (AvgIpc) is 3.21. The molecule has 1 fully saturated rings. The minimum atomic E-state index is -3.60. The number of hydrogen-bond acceptors (Lipinski definition) is 6. The molecule has 30 heavy (non-hydrogen) atoms. The number of aryl methyl sites for hydroxylation is 1. The molecule has 0 radical (unpaired) electrons. The van der Waals surface area contributed by atoms with Gasteiger partial charge in [-0.25, -0.2) is 8.42 Å². The summed E-state index contributed by atoms with van der Waals surface area (Å²) in [5.41, 5.74) is 1.50. The van der Waals surface area contributed by atoms with E-state index >= 15 is 0 Å². The van der Waals surface area contributed by atoms with Crippen molar-refractivity contribution in [2.24, 2.45) is 5.92 Å². The Morgan fingerprint density at radius 2 is 1.97 bits per heavy atom. The van der Waals surface area contributed by atoms with Crippen molar-refractivity contribution in [2.45, 2.75) is 24.7 Å². The molecule has 0 saturated carbocycles. The lowest BCUT2D eigenvalue weighted by Crippen LogP contribution is -2.41. The van der Waals surface area contributed by atoms with Crippen molar-refractivity contribution in [1.82, 2.24) is 8.68 Å². The molecule has 1 aromatic heterocycles. The molecule has 3 aromatic rings. The number of benzene rings is 2. The molecular formula is C21H23N3O4S2. The summed E-state index contributed by atoms with van der Waals surface area (Å²) in [6, 6.07) is 10.6. The van der Waals surface area contributed by atoms with Crippen molar-refractivity contribution in [3.05, 3.63) is 48.2 Å². The molecule has 7 nitrogen and oxygen atoms in total. The molecule has 1 amide bonds. The smallest absolute Gasteiger partial charge is 0.243 e. The van der Waals surface area contributed by atoms with E-state index in [1.807, 2.05) is 25.1 Å². The van der Waals surface area contributed by atoms with Gasteiger partial charge in [0.25, 0.3) is 0 Å². The number of sulfonamides is 1. The third-order valence-corrected chi connectivity index (χ3v) is 8.12. The number of methoxy groups -OCH3 is 1. The molecule has 158 valence electrons. The van der Waals surface area contributed by atoms with Gasteiger partial charge in [0, 0.05) is 36.3 Å². The minimum Gasteiger partial charge on any atom is -0.496 e. The van der Waals surface area contributed by atoms with E-state index in [1.54, 1.807) is 31.5 Å². The van der Waals surface area contributed by atoms with Gasteiger partial charge < -0.3 is 10.1 Å². The molecule has 1 aliphatic heterocycles. The van der Waals surface area contributed by atoms with Crippen molar-refractivity contribution >= 4 is 43.2 Å². The summed E-state index contributed by atoms with van der Waals surface area (Å²) in [6.07, 6.45) is 2.75. The molecular weight excluding hydrogens is 422 g/mol. The highest BCUT2D eigenvalue weighted by Crippen LogP contribution is 2.28. The fourth-order valence-corrected chi connectivity index (χ4v) is 5.89. The third kappa shape index (κ3) is 4.05. The first-order chi connectivity index (χ1) is 14.4. The van der Waals surface area contributed by atoms with Crippen LogP contribution < -0.4 is 10.1 Å². The minimum absolute atomic E-state index is 0.0742. The fraction of sp³-hybridized carbons (Fsp3) is 0.333. The molecule has 0 bridgehead atoms. The lowest BCUT2D eigenvalue weighted by molar-refractivity contribution is -0.120. The van der Waals surface area contributed by atoms with Crippen molar-refractivity contribution in [3.8, 4) is 5.75 Å². The number of carbonyl (C=O) groups excluding carboxylic acids is 1. The lowest BCUT2D eigenvalue weighted by Gasteiger charge is -2.30. The van der Waals surface area contributed by atoms with Gasteiger partial charge in [0.2, 0.25) is 15.9 Å². The molecule has 2 aromatic carbocycles. The SMILES string of the molecule is COc1ccc(S(=O)(=O)N2CCC(C(=O)Nc3ccc4sncc4c3)CC2)cc1C. The van der Waals surface area contributed by atoms with Crippen LogP contribution in [0.3, 0.4) is 0 Å². The Labute approximate surface area is 179 Å². The highest BCUT2D eigenvalue weighted by atomic mass is 32.2. The summed E-state index contributed by atoms with van der Waals surface area (Å²) in [4.78, 5) is 12.9. The summed E-state index contributed by atoms with van der Waals surface area (Å²) in [6.45, 7) is 2.45. The zero-order chi connectivity index (χ0) is 21.3. The van der Waals surface area contributed by atoms with Gasteiger partial charge in [-0.15, -0.1) is 0 Å². The zero-order valence-electron chi connectivity index (χ0n) is 16.8. The highest BCUT2D eigenvalue weighted by molar-refractivity contribution is 7.89. The predicted molar refractivity (Wildman–Crippen MR) is 117 cm³/mol. The third-order valence-electron chi connectivity index (χ3n) is 5.45. The van der Waals surface area contributed by atoms with Crippen LogP contribution in [0.25, 0.3) is 10.1 Å². The number of hydrogen-bond donors (Lipinski definition) is 1. The maximum atomic E-state index is 13.0. The van der Waals surface area contributed by atoms with E-state index in [0.717, 1.165) is 21.3 Å². The first kappa shape index (κ1) is 20.8. The molecule has 1 aliphatic rings. The van der Waals surface area contributed by atoms with Crippen molar-refractivity contribution < 1.29 is 17.9 Å². The Kier molecular flexibility index (Phi) is 5.77. The van der Waals surface area contributed by atoms with Crippen molar-refractivity contribution in [2.75, 3.05) is 25.5 Å². The fourth-order valence-electron chi connectivity index (χ4n) is 3.71. The van der Waals surface area contributed by atoms with Gasteiger partial charge in [0.15, 0.2) is 0 Å². The Hall–Kier alpha value is -2.49. The number of amides is 1. The van der Waals surface area contributed by atoms with Crippen LogP contribution in [-0.4, -0.2) is 43.2 Å². The number of aromatic nitrogens is 1. The second kappa shape index (κ2) is 8.33. The molecule has 2 heterocycles. The number of fused-ring (bicyclic) bond motifs is 1. The Balaban J connectivity index is 1.40. The normalized spacial score (nSPS) is 15.9. The Morgan fingerprint density at radius 3 is 2.67 bits per heavy atom. The number of nitrogens with zero attached hydrogens (tertiary/aromatic N) is 2. The van der Waals surface area contributed by atoms with Gasteiger partial charge >= 0.3 is 0 Å². The predicted octanol–water partition coefficient (Wildman–Crippen LogP) is 3.65. The summed E-state index contributed by atoms with van der Waals surface area (Å²) in [5, 5.41) is 3.95. The molecule has 0 spiro atoms. The maximum Gasteiger partial charge on any atom is 0.243 e. The summed E-state index contributed by atoms with van der Waals surface area (Å²) in [7, 11) is -2.04. The van der Waals surface area contributed by atoms with Crippen LogP contribution in [-0.2, 0) is 14.8 Å². The topological polar surface area (TPSA) is 88.6 Å². The molecule has 1 saturated heterocycles. The quantitative estimate of drug-likeness (QED) is 0.648. The second-order valence-corrected chi connectivity index (χ2v) is 10.1. The van der Waals surface area contributed by atoms with Gasteiger partial charge in [0.1, 0.15) is 5.75 Å². The number of anilines is 1. The number of piperidine rings is 1. The van der Waals surface area contributed by atoms with Gasteiger partial charge in [-0.05, 0) is 73.3 Å². The highest BCUT2D eigenvalue weighted by Gasteiger charge is 2.32. The number of rotatable bonds is 5. The number of carbonyl (C=O) groups is 1. The Morgan fingerprint density at radius 1 is 1.20 bits per heavy atom. The second-order valence-electron chi connectivity index (χ2n) is 7.38. The van der Waals surface area contributed by atoms with E-state index in [2.05, 4.69) is 9.69 Å². The van der Waals surface area contributed by atoms with Gasteiger partial charge in [-0.2, -0.15) is 8.68 Å². The summed E-state index contributed by atoms with van der Waals surface area (Å²) < 4.78 is 37.9. The van der Waals surface area contributed by atoms with Crippen molar-refractivity contribution in [3.63, 3.8) is 0 Å². The molecule has 1 N–H and O–H groups in total. The summed E-state index contributed by atoms with van der Waals surface area (Å²) >= 11 is 1.41. The molecule has 0 atom stereocenters. The first-order valence-corrected chi connectivity index (χ1v) is 11.9. The zero-order valence-corrected chi connectivity index (χ0v) is 18.4. The van der Waals surface area contributed by atoms with E-state index in [0.29, 0.717) is 31.7 Å². The number of nitrogens with one attached hydrogen (secondary N) is 1. The van der Waals surface area contributed by atoms with Crippen LogP contribution in [0.5, 0.6) is 5.75 Å². The van der Waals surface area contributed by atoms with Crippen LogP contribution in [0.2, 0.25) is 0 Å². The van der Waals surface area contributed by atoms with Crippen LogP contribution in [0.15, 0.2) is 47.5 Å². The van der Waals surface area contributed by atoms with E-state index < -0.39 is 10.0 Å². The van der Waals surface area contributed by atoms with E-state index in [4.69, 9.17) is 4.74 Å². The maximum absolute atomic E-state index is 13.0. The van der Waals surface area contributed by atoms with Gasteiger partial charge in [-0.3, -0.25) is 4.79 Å². The molecule has 4 rings (SSSR count). The molecule has 0 unspecified atom stereocenters. The average molecular weight is 446 g/mol. The van der Waals surface area contributed by atoms with Crippen LogP contribution in [0, 0.1) is 12.8 Å². The first-order valence-electron chi connectivity index (χ1n) is 9.68. The van der Waals surface area contributed by atoms with E-state index in [9.17, 15) is 13.2 Å². The van der Waals surface area contributed by atoms with Crippen LogP contribution in [0.1, 0.15) is 18.4 Å². The van der Waals surface area contributed by atoms with E-state index in [1.165, 1.54) is 15.8 Å². The van der Waals surface area contributed by atoms with Crippen LogP contribution in [0.4, 0.5) is 5.69 Å². The standard InChI is InChI=1S/C21H23N3O4S2/c1-14-11-18(4-5-19(14)28-2)30(26,27)24-9-7-15(8-10-24)21(25)23-17-3-6-20-16(12-17)13-22-29-20/h3-6,11-13,15H,7-10H2,1-2H3,(H,23,25). The monoisotopic (exact) mass is 445 g/mol.